The van der Waals surface area contributed by atoms with Crippen molar-refractivity contribution in [2.45, 2.75) is 6.42 Å². The Bertz CT molecular complexity index is 1050. The number of hydrogen-bond acceptors (Lipinski definition) is 4. The van der Waals surface area contributed by atoms with Crippen molar-refractivity contribution in [3.63, 3.8) is 0 Å². The summed E-state index contributed by atoms with van der Waals surface area (Å²) in [4.78, 5) is 14.5. The lowest BCUT2D eigenvalue weighted by Crippen LogP contribution is -2.19. The Morgan fingerprint density at radius 3 is 2.52 bits per heavy atom. The van der Waals surface area contributed by atoms with Crippen molar-refractivity contribution in [2.75, 3.05) is 37.9 Å². The molecule has 0 fully saturated rings. The van der Waals surface area contributed by atoms with E-state index in [2.05, 4.69) is 20.6 Å². The fourth-order valence-electron chi connectivity index (χ4n) is 3.00. The molecule has 31 heavy (non-hydrogen) atoms. The highest BCUT2D eigenvalue weighted by molar-refractivity contribution is 6.31. The number of nitrogens with zero attached hydrogens (tertiary/aromatic N) is 3. The van der Waals surface area contributed by atoms with Crippen LogP contribution in [0.5, 0.6) is 5.75 Å². The molecule has 0 aliphatic carbocycles. The van der Waals surface area contributed by atoms with Gasteiger partial charge in [0.1, 0.15) is 11.6 Å². The number of halogens is 2. The van der Waals surface area contributed by atoms with Crippen molar-refractivity contribution in [3.05, 3.63) is 59.5 Å². The van der Waals surface area contributed by atoms with Gasteiger partial charge in [-0.05, 0) is 63.0 Å². The third kappa shape index (κ3) is 6.19. The standard InChI is InChI=1S/C22H25ClFN5O2/c1-28(2)11-4-12-31-21-8-6-15(13-17(21)20-9-10-25-29(20)3)26-22(30)27-16-5-7-19(24)18(23)14-16/h5-10,13-14H,4,11-12H2,1-3H3,(H2,26,27,30). The molecule has 2 aromatic carbocycles. The predicted octanol–water partition coefficient (Wildman–Crippen LogP) is 4.85. The van der Waals surface area contributed by atoms with E-state index in [1.807, 2.05) is 39.3 Å². The summed E-state index contributed by atoms with van der Waals surface area (Å²) >= 11 is 5.77. The summed E-state index contributed by atoms with van der Waals surface area (Å²) in [6.45, 7) is 1.50. The summed E-state index contributed by atoms with van der Waals surface area (Å²) < 4.78 is 21.0. The summed E-state index contributed by atoms with van der Waals surface area (Å²) in [6, 6.07) is 10.8. The normalized spacial score (nSPS) is 10.9. The summed E-state index contributed by atoms with van der Waals surface area (Å²) in [7, 11) is 5.88. The van der Waals surface area contributed by atoms with Crippen LogP contribution in [0.3, 0.4) is 0 Å². The number of carbonyl (C=O) groups excluding carboxylic acids is 1. The van der Waals surface area contributed by atoms with Crippen LogP contribution in [0, 0.1) is 5.82 Å². The minimum Gasteiger partial charge on any atom is -0.493 e. The molecule has 2 N–H and O–H groups in total. The highest BCUT2D eigenvalue weighted by atomic mass is 35.5. The Morgan fingerprint density at radius 2 is 1.87 bits per heavy atom. The first-order valence-corrected chi connectivity index (χ1v) is 10.1. The lowest BCUT2D eigenvalue weighted by atomic mass is 10.1. The average molecular weight is 446 g/mol. The molecular weight excluding hydrogens is 421 g/mol. The Hall–Kier alpha value is -3.10. The number of anilines is 2. The van der Waals surface area contributed by atoms with Gasteiger partial charge in [-0.25, -0.2) is 9.18 Å². The molecule has 0 aliphatic heterocycles. The number of aromatic nitrogens is 2. The number of amides is 2. The molecule has 0 spiro atoms. The van der Waals surface area contributed by atoms with E-state index < -0.39 is 11.8 Å². The second-order valence-corrected chi connectivity index (χ2v) is 7.67. The van der Waals surface area contributed by atoms with Gasteiger partial charge in [-0.3, -0.25) is 4.68 Å². The molecule has 164 valence electrons. The molecule has 0 unspecified atom stereocenters. The van der Waals surface area contributed by atoms with Crippen LogP contribution >= 0.6 is 11.6 Å². The van der Waals surface area contributed by atoms with Gasteiger partial charge in [0.15, 0.2) is 0 Å². The zero-order chi connectivity index (χ0) is 22.4. The summed E-state index contributed by atoms with van der Waals surface area (Å²) in [5.74, 6) is 0.160. The van der Waals surface area contributed by atoms with Crippen molar-refractivity contribution in [1.29, 1.82) is 0 Å². The molecule has 0 atom stereocenters. The monoisotopic (exact) mass is 445 g/mol. The zero-order valence-corrected chi connectivity index (χ0v) is 18.4. The second kappa shape index (κ2) is 10.3. The lowest BCUT2D eigenvalue weighted by molar-refractivity contribution is 0.262. The SMILES string of the molecule is CN(C)CCCOc1ccc(NC(=O)Nc2ccc(F)c(Cl)c2)cc1-c1ccnn1C. The van der Waals surface area contributed by atoms with E-state index in [1.165, 1.54) is 18.2 Å². The van der Waals surface area contributed by atoms with Crippen molar-refractivity contribution >= 4 is 29.0 Å². The number of rotatable bonds is 8. The fraction of sp³-hybridized carbons (Fsp3) is 0.273. The van der Waals surface area contributed by atoms with Crippen molar-refractivity contribution < 1.29 is 13.9 Å². The number of ether oxygens (including phenoxy) is 1. The van der Waals surface area contributed by atoms with Crippen molar-refractivity contribution in [2.24, 2.45) is 7.05 Å². The van der Waals surface area contributed by atoms with Crippen LogP contribution in [0.4, 0.5) is 20.6 Å². The van der Waals surface area contributed by atoms with Gasteiger partial charge in [-0.15, -0.1) is 0 Å². The minimum absolute atomic E-state index is 0.0629. The summed E-state index contributed by atoms with van der Waals surface area (Å²) in [6.07, 6.45) is 2.59. The number of nitrogens with one attached hydrogen (secondary N) is 2. The molecule has 0 aliphatic rings. The van der Waals surface area contributed by atoms with Crippen LogP contribution in [-0.4, -0.2) is 48.0 Å². The van der Waals surface area contributed by atoms with E-state index in [0.717, 1.165) is 24.2 Å². The molecule has 2 amide bonds. The number of carbonyl (C=O) groups is 1. The molecule has 3 aromatic rings. The van der Waals surface area contributed by atoms with Crippen LogP contribution in [0.25, 0.3) is 11.3 Å². The van der Waals surface area contributed by atoms with Crippen LogP contribution in [0.2, 0.25) is 5.02 Å². The van der Waals surface area contributed by atoms with E-state index >= 15 is 0 Å². The van der Waals surface area contributed by atoms with Gasteiger partial charge in [-0.1, -0.05) is 11.6 Å². The van der Waals surface area contributed by atoms with E-state index in [-0.39, 0.29) is 5.02 Å². The molecule has 7 nitrogen and oxygen atoms in total. The van der Waals surface area contributed by atoms with Gasteiger partial charge in [0, 0.05) is 36.7 Å². The zero-order valence-electron chi connectivity index (χ0n) is 17.7. The first kappa shape index (κ1) is 22.6. The van der Waals surface area contributed by atoms with Gasteiger partial charge in [0.05, 0.1) is 17.3 Å². The number of urea groups is 1. The molecule has 0 bridgehead atoms. The van der Waals surface area contributed by atoms with Crippen LogP contribution < -0.4 is 15.4 Å². The van der Waals surface area contributed by atoms with Crippen LogP contribution in [0.1, 0.15) is 6.42 Å². The summed E-state index contributed by atoms with van der Waals surface area (Å²) in [5.41, 5.74) is 2.63. The first-order chi connectivity index (χ1) is 14.8. The topological polar surface area (TPSA) is 71.4 Å². The largest absolute Gasteiger partial charge is 0.493 e. The molecule has 0 saturated heterocycles. The maximum absolute atomic E-state index is 13.3. The van der Waals surface area contributed by atoms with Crippen molar-refractivity contribution in [3.8, 4) is 17.0 Å². The van der Waals surface area contributed by atoms with E-state index in [0.29, 0.717) is 23.7 Å². The van der Waals surface area contributed by atoms with Gasteiger partial charge in [0.25, 0.3) is 0 Å². The van der Waals surface area contributed by atoms with E-state index in [9.17, 15) is 9.18 Å². The van der Waals surface area contributed by atoms with Gasteiger partial charge >= 0.3 is 6.03 Å². The Labute approximate surface area is 185 Å². The predicted molar refractivity (Wildman–Crippen MR) is 121 cm³/mol. The Balaban J connectivity index is 1.75. The van der Waals surface area contributed by atoms with Gasteiger partial charge in [0.2, 0.25) is 0 Å². The smallest absolute Gasteiger partial charge is 0.323 e. The van der Waals surface area contributed by atoms with Crippen molar-refractivity contribution in [1.82, 2.24) is 14.7 Å². The maximum atomic E-state index is 13.3. The number of hydrogen-bond donors (Lipinski definition) is 2. The van der Waals surface area contributed by atoms with E-state index in [1.54, 1.807) is 16.9 Å². The van der Waals surface area contributed by atoms with Crippen LogP contribution in [-0.2, 0) is 7.05 Å². The van der Waals surface area contributed by atoms with E-state index in [4.69, 9.17) is 16.3 Å². The number of benzene rings is 2. The quantitative estimate of drug-likeness (QED) is 0.486. The lowest BCUT2D eigenvalue weighted by Gasteiger charge is -2.15. The third-order valence-electron chi connectivity index (χ3n) is 4.52. The Morgan fingerprint density at radius 1 is 1.16 bits per heavy atom. The second-order valence-electron chi connectivity index (χ2n) is 7.26. The molecule has 0 saturated carbocycles. The van der Waals surface area contributed by atoms with Crippen LogP contribution in [0.15, 0.2) is 48.7 Å². The van der Waals surface area contributed by atoms with Gasteiger partial charge < -0.3 is 20.3 Å². The summed E-state index contributed by atoms with van der Waals surface area (Å²) in [5, 5.41) is 9.58. The van der Waals surface area contributed by atoms with Gasteiger partial charge in [-0.2, -0.15) is 5.10 Å². The first-order valence-electron chi connectivity index (χ1n) is 9.76. The maximum Gasteiger partial charge on any atom is 0.323 e. The molecular formula is C22H25ClFN5O2. The number of aryl methyl sites for hydroxylation is 1. The molecule has 1 aromatic heterocycles. The fourth-order valence-corrected chi connectivity index (χ4v) is 3.18. The highest BCUT2D eigenvalue weighted by Gasteiger charge is 2.13. The molecule has 3 rings (SSSR count). The molecule has 0 radical (unpaired) electrons. The Kier molecular flexibility index (Phi) is 7.49. The molecule has 1 heterocycles. The molecule has 9 heteroatoms. The third-order valence-corrected chi connectivity index (χ3v) is 4.81. The minimum atomic E-state index is -0.547. The highest BCUT2D eigenvalue weighted by Crippen LogP contribution is 2.32. The average Bonchev–Trinajstić information content (AvgIpc) is 3.14.